The van der Waals surface area contributed by atoms with E-state index in [1.807, 2.05) is 13.8 Å². The maximum atomic E-state index is 12.5. The van der Waals surface area contributed by atoms with Gasteiger partial charge in [-0.2, -0.15) is 0 Å². The van der Waals surface area contributed by atoms with Crippen molar-refractivity contribution >= 4 is 27.3 Å². The van der Waals surface area contributed by atoms with E-state index >= 15 is 0 Å². The second-order valence-corrected chi connectivity index (χ2v) is 7.74. The summed E-state index contributed by atoms with van der Waals surface area (Å²) in [7, 11) is -3.82. The second-order valence-electron chi connectivity index (χ2n) is 6.06. The lowest BCUT2D eigenvalue weighted by molar-refractivity contribution is -0.125. The van der Waals surface area contributed by atoms with Crippen LogP contribution in [-0.2, 0) is 14.8 Å². The Morgan fingerprint density at radius 1 is 1.19 bits per heavy atom. The number of nitrogens with zero attached hydrogens (tertiary/aromatic N) is 3. The molecule has 0 spiro atoms. The first-order valence-electron chi connectivity index (χ1n) is 7.93. The highest BCUT2D eigenvalue weighted by molar-refractivity contribution is 7.92. The monoisotopic (exact) mass is 374 g/mol. The summed E-state index contributed by atoms with van der Waals surface area (Å²) in [6, 6.07) is 9.09. The molecule has 0 atom stereocenters. The summed E-state index contributed by atoms with van der Waals surface area (Å²) in [6.07, 6.45) is 1.14. The van der Waals surface area contributed by atoms with Crippen LogP contribution in [0, 0.1) is 0 Å². The van der Waals surface area contributed by atoms with Crippen LogP contribution in [0.5, 0.6) is 0 Å². The van der Waals surface area contributed by atoms with Crippen LogP contribution in [0.25, 0.3) is 5.57 Å². The minimum atomic E-state index is -3.82. The molecule has 0 bridgehead atoms. The van der Waals surface area contributed by atoms with Crippen LogP contribution in [0.4, 0.5) is 5.82 Å². The number of nitrogens with one attached hydrogen (secondary N) is 1. The van der Waals surface area contributed by atoms with Crippen molar-refractivity contribution in [1.29, 1.82) is 0 Å². The van der Waals surface area contributed by atoms with Gasteiger partial charge in [0.15, 0.2) is 0 Å². The summed E-state index contributed by atoms with van der Waals surface area (Å²) in [5.41, 5.74) is 0.220. The topological polar surface area (TPSA) is 112 Å². The molecule has 0 aliphatic carbocycles. The highest BCUT2D eigenvalue weighted by atomic mass is 32.2. The van der Waals surface area contributed by atoms with E-state index in [2.05, 4.69) is 14.7 Å². The number of aliphatic hydroxyl groups is 1. The lowest BCUT2D eigenvalue weighted by Crippen LogP contribution is -2.33. The smallest absolute Gasteiger partial charge is 0.263 e. The lowest BCUT2D eigenvalue weighted by Gasteiger charge is -2.20. The van der Waals surface area contributed by atoms with Gasteiger partial charge in [-0.3, -0.25) is 9.52 Å². The number of hydrogen-bond acceptors (Lipinski definition) is 6. The van der Waals surface area contributed by atoms with Crippen LogP contribution in [0.3, 0.4) is 0 Å². The Morgan fingerprint density at radius 2 is 1.88 bits per heavy atom. The molecule has 1 aliphatic rings. The standard InChI is InChI=1S/C17H18N4O4S/c1-11(2)21-9-14(22)16(17(21)23)13-8-15(19-10-18-13)20-26(24,25)12-6-4-3-5-7-12/h3-8,10-11,22H,9H2,1-2H3,(H,18,19,20). The van der Waals surface area contributed by atoms with E-state index in [-0.39, 0.29) is 46.2 Å². The zero-order valence-electron chi connectivity index (χ0n) is 14.2. The van der Waals surface area contributed by atoms with Crippen LogP contribution < -0.4 is 4.72 Å². The van der Waals surface area contributed by atoms with Gasteiger partial charge in [0, 0.05) is 12.1 Å². The van der Waals surface area contributed by atoms with Crippen molar-refractivity contribution in [3.8, 4) is 0 Å². The van der Waals surface area contributed by atoms with E-state index in [0.29, 0.717) is 0 Å². The van der Waals surface area contributed by atoms with Gasteiger partial charge in [-0.1, -0.05) is 18.2 Å². The van der Waals surface area contributed by atoms with E-state index in [1.165, 1.54) is 23.1 Å². The van der Waals surface area contributed by atoms with Crippen molar-refractivity contribution in [1.82, 2.24) is 14.9 Å². The first-order chi connectivity index (χ1) is 12.3. The molecule has 3 rings (SSSR count). The summed E-state index contributed by atoms with van der Waals surface area (Å²) in [5.74, 6) is -0.442. The normalized spacial score (nSPS) is 15.0. The molecule has 9 heteroatoms. The average Bonchev–Trinajstić information content (AvgIpc) is 2.90. The van der Waals surface area contributed by atoms with E-state index in [4.69, 9.17) is 0 Å². The van der Waals surface area contributed by atoms with Crippen molar-refractivity contribution in [3.63, 3.8) is 0 Å². The Morgan fingerprint density at radius 3 is 2.50 bits per heavy atom. The second kappa shape index (κ2) is 6.75. The number of aliphatic hydroxyl groups excluding tert-OH is 1. The number of rotatable bonds is 5. The molecular weight excluding hydrogens is 356 g/mol. The van der Waals surface area contributed by atoms with Crippen molar-refractivity contribution < 1.29 is 18.3 Å². The fourth-order valence-corrected chi connectivity index (χ4v) is 3.62. The Bertz CT molecular complexity index is 971. The maximum absolute atomic E-state index is 12.5. The van der Waals surface area contributed by atoms with Gasteiger partial charge >= 0.3 is 0 Å². The summed E-state index contributed by atoms with van der Waals surface area (Å²) >= 11 is 0. The van der Waals surface area contributed by atoms with Crippen molar-refractivity contribution in [3.05, 3.63) is 54.2 Å². The number of carbonyl (C=O) groups is 1. The zero-order chi connectivity index (χ0) is 18.9. The maximum Gasteiger partial charge on any atom is 0.263 e. The molecule has 2 aromatic rings. The number of carbonyl (C=O) groups excluding carboxylic acids is 1. The number of sulfonamides is 1. The van der Waals surface area contributed by atoms with E-state index in [0.717, 1.165) is 6.33 Å². The summed E-state index contributed by atoms with van der Waals surface area (Å²) in [6.45, 7) is 3.78. The molecule has 0 saturated heterocycles. The number of benzene rings is 1. The van der Waals surface area contributed by atoms with Gasteiger partial charge in [-0.05, 0) is 26.0 Å². The van der Waals surface area contributed by atoms with Crippen LogP contribution in [0.1, 0.15) is 19.5 Å². The third kappa shape index (κ3) is 3.38. The van der Waals surface area contributed by atoms with Crippen molar-refractivity contribution in [2.75, 3.05) is 11.3 Å². The minimum absolute atomic E-state index is 0.00921. The SMILES string of the molecule is CC(C)N1CC(O)=C(c2cc(NS(=O)(=O)c3ccccc3)ncn2)C1=O. The van der Waals surface area contributed by atoms with Crippen molar-refractivity contribution in [2.45, 2.75) is 24.8 Å². The quantitative estimate of drug-likeness (QED) is 0.825. The van der Waals surface area contributed by atoms with Gasteiger partial charge in [-0.25, -0.2) is 18.4 Å². The molecular formula is C17H18N4O4S. The van der Waals surface area contributed by atoms with Gasteiger partial charge < -0.3 is 10.0 Å². The highest BCUT2D eigenvalue weighted by Crippen LogP contribution is 2.28. The molecule has 136 valence electrons. The summed E-state index contributed by atoms with van der Waals surface area (Å²) in [5, 5.41) is 10.2. The molecule has 8 nitrogen and oxygen atoms in total. The molecule has 0 unspecified atom stereocenters. The van der Waals surface area contributed by atoms with E-state index in [9.17, 15) is 18.3 Å². The molecule has 0 radical (unpaired) electrons. The molecule has 1 aliphatic heterocycles. The number of anilines is 1. The number of amides is 1. The van der Waals surface area contributed by atoms with E-state index in [1.54, 1.807) is 18.2 Å². The molecule has 1 aromatic carbocycles. The molecule has 2 heterocycles. The van der Waals surface area contributed by atoms with Gasteiger partial charge in [-0.15, -0.1) is 0 Å². The highest BCUT2D eigenvalue weighted by Gasteiger charge is 2.34. The first-order valence-corrected chi connectivity index (χ1v) is 9.41. The van der Waals surface area contributed by atoms with Crippen LogP contribution in [0.15, 0.2) is 53.4 Å². The third-order valence-electron chi connectivity index (χ3n) is 3.92. The van der Waals surface area contributed by atoms with Gasteiger partial charge in [0.25, 0.3) is 15.9 Å². The summed E-state index contributed by atoms with van der Waals surface area (Å²) < 4.78 is 27.1. The molecule has 2 N–H and O–H groups in total. The predicted octanol–water partition coefficient (Wildman–Crippen LogP) is 1.80. The van der Waals surface area contributed by atoms with Crippen LogP contribution in [-0.4, -0.2) is 46.9 Å². The molecule has 0 saturated carbocycles. The Balaban J connectivity index is 1.90. The Kier molecular flexibility index (Phi) is 4.64. The van der Waals surface area contributed by atoms with Gasteiger partial charge in [0.05, 0.1) is 17.1 Å². The molecule has 26 heavy (non-hydrogen) atoms. The largest absolute Gasteiger partial charge is 0.510 e. The Hall–Kier alpha value is -2.94. The zero-order valence-corrected chi connectivity index (χ0v) is 15.1. The van der Waals surface area contributed by atoms with Crippen LogP contribution in [0.2, 0.25) is 0 Å². The van der Waals surface area contributed by atoms with Gasteiger partial charge in [0.1, 0.15) is 23.5 Å². The van der Waals surface area contributed by atoms with Crippen LogP contribution >= 0.6 is 0 Å². The number of hydrogen-bond donors (Lipinski definition) is 2. The predicted molar refractivity (Wildman–Crippen MR) is 95.7 cm³/mol. The van der Waals surface area contributed by atoms with Crippen molar-refractivity contribution in [2.24, 2.45) is 0 Å². The fourth-order valence-electron chi connectivity index (χ4n) is 2.60. The van der Waals surface area contributed by atoms with E-state index < -0.39 is 10.0 Å². The Labute approximate surface area is 151 Å². The third-order valence-corrected chi connectivity index (χ3v) is 5.29. The minimum Gasteiger partial charge on any atom is -0.510 e. The number of aromatic nitrogens is 2. The fraction of sp³-hybridized carbons (Fsp3) is 0.235. The first kappa shape index (κ1) is 17.9. The molecule has 1 aromatic heterocycles. The molecule has 0 fully saturated rings. The van der Waals surface area contributed by atoms with Gasteiger partial charge in [0.2, 0.25) is 0 Å². The molecule has 1 amide bonds. The lowest BCUT2D eigenvalue weighted by atomic mass is 10.1. The average molecular weight is 374 g/mol. The summed E-state index contributed by atoms with van der Waals surface area (Å²) in [4.78, 5) is 22.0.